The highest BCUT2D eigenvalue weighted by Crippen LogP contribution is 2.34. The van der Waals surface area contributed by atoms with Crippen LogP contribution in [0.15, 0.2) is 84.4 Å². The molecule has 1 heterocycles. The molecule has 1 aliphatic heterocycles. The van der Waals surface area contributed by atoms with Crippen LogP contribution < -0.4 is 10.2 Å². The van der Waals surface area contributed by atoms with Crippen LogP contribution in [0.4, 0.5) is 11.4 Å². The molecule has 0 bridgehead atoms. The first-order chi connectivity index (χ1) is 17.2. The Bertz CT molecular complexity index is 1140. The van der Waals surface area contributed by atoms with Crippen LogP contribution in [-0.2, 0) is 0 Å². The van der Waals surface area contributed by atoms with Gasteiger partial charge in [-0.1, -0.05) is 48.0 Å². The van der Waals surface area contributed by atoms with E-state index in [9.17, 15) is 4.79 Å². The van der Waals surface area contributed by atoms with E-state index in [4.69, 9.17) is 0 Å². The van der Waals surface area contributed by atoms with E-state index < -0.39 is 0 Å². The Morgan fingerprint density at radius 2 is 1.34 bits per heavy atom. The van der Waals surface area contributed by atoms with Gasteiger partial charge in [0.05, 0.1) is 0 Å². The molecular weight excluding hydrogens is 430 g/mol. The summed E-state index contributed by atoms with van der Waals surface area (Å²) in [6.07, 6.45) is 2.08. The molecule has 1 N–H and O–H groups in total. The van der Waals surface area contributed by atoms with Crippen molar-refractivity contribution in [1.29, 1.82) is 0 Å². The number of hydrogen-bond acceptors (Lipinski definition) is 3. The summed E-state index contributed by atoms with van der Waals surface area (Å²) in [4.78, 5) is 17.1. The lowest BCUT2D eigenvalue weighted by Crippen LogP contribution is -2.30. The summed E-state index contributed by atoms with van der Waals surface area (Å²) in [5.74, 6) is 0.0982. The molecule has 0 radical (unpaired) electrons. The van der Waals surface area contributed by atoms with E-state index in [-0.39, 0.29) is 5.91 Å². The fourth-order valence-corrected chi connectivity index (χ4v) is 4.98. The molecule has 0 atom stereocenters. The van der Waals surface area contributed by atoms with Gasteiger partial charge in [-0.05, 0) is 99.8 Å². The molecule has 0 saturated carbocycles. The van der Waals surface area contributed by atoms with E-state index in [2.05, 4.69) is 83.9 Å². The van der Waals surface area contributed by atoms with Gasteiger partial charge in [-0.2, -0.15) is 0 Å². The van der Waals surface area contributed by atoms with Gasteiger partial charge >= 0.3 is 0 Å². The molecule has 4 heteroatoms. The quantitative estimate of drug-likeness (QED) is 0.410. The van der Waals surface area contributed by atoms with Gasteiger partial charge in [0.1, 0.15) is 0 Å². The third-order valence-corrected chi connectivity index (χ3v) is 6.86. The first kappa shape index (κ1) is 24.7. The van der Waals surface area contributed by atoms with Crippen LogP contribution in [0.2, 0.25) is 0 Å². The van der Waals surface area contributed by atoms with Crippen molar-refractivity contribution >= 4 is 22.9 Å². The molecule has 1 fully saturated rings. The standard InChI is InChI=1S/C31H37N3O/c1-4-33(5-2)31(35)26-17-15-24(16-18-26)30(25-19-21-32-22-20-25)27-11-10-14-29(23-27)34(6-3)28-12-8-7-9-13-28/h7-18,23,32H,4-6,19-22H2,1-3H3. The topological polar surface area (TPSA) is 35.6 Å². The van der Waals surface area contributed by atoms with Gasteiger partial charge < -0.3 is 15.1 Å². The Kier molecular flexibility index (Phi) is 8.38. The molecule has 0 spiro atoms. The van der Waals surface area contributed by atoms with Crippen molar-refractivity contribution in [1.82, 2.24) is 10.2 Å². The lowest BCUT2D eigenvalue weighted by atomic mass is 9.88. The Morgan fingerprint density at radius 3 is 1.97 bits per heavy atom. The van der Waals surface area contributed by atoms with Crippen molar-refractivity contribution in [3.63, 3.8) is 0 Å². The zero-order valence-corrected chi connectivity index (χ0v) is 21.3. The molecule has 0 unspecified atom stereocenters. The third kappa shape index (κ3) is 5.66. The Labute approximate surface area is 210 Å². The zero-order chi connectivity index (χ0) is 24.6. The molecule has 0 aliphatic carbocycles. The Morgan fingerprint density at radius 1 is 0.714 bits per heavy atom. The highest BCUT2D eigenvalue weighted by atomic mass is 16.2. The van der Waals surface area contributed by atoms with E-state index in [1.807, 2.05) is 30.9 Å². The number of benzene rings is 3. The van der Waals surface area contributed by atoms with Crippen LogP contribution in [0.1, 0.15) is 55.1 Å². The highest BCUT2D eigenvalue weighted by molar-refractivity contribution is 5.95. The maximum absolute atomic E-state index is 12.8. The number of hydrogen-bond donors (Lipinski definition) is 1. The number of carbonyl (C=O) groups is 1. The van der Waals surface area contributed by atoms with Crippen molar-refractivity contribution in [3.8, 4) is 0 Å². The van der Waals surface area contributed by atoms with Gasteiger partial charge in [-0.15, -0.1) is 0 Å². The van der Waals surface area contributed by atoms with E-state index in [1.54, 1.807) is 0 Å². The van der Waals surface area contributed by atoms with Crippen molar-refractivity contribution < 1.29 is 4.79 Å². The summed E-state index contributed by atoms with van der Waals surface area (Å²) in [6.45, 7) is 10.6. The summed E-state index contributed by atoms with van der Waals surface area (Å²) in [5, 5.41) is 3.49. The fraction of sp³-hybridized carbons (Fsp3) is 0.323. The molecule has 1 saturated heterocycles. The minimum absolute atomic E-state index is 0.0982. The van der Waals surface area contributed by atoms with Crippen LogP contribution >= 0.6 is 0 Å². The van der Waals surface area contributed by atoms with Gasteiger partial charge in [-0.3, -0.25) is 4.79 Å². The van der Waals surface area contributed by atoms with Gasteiger partial charge in [0.15, 0.2) is 0 Å². The van der Waals surface area contributed by atoms with Crippen molar-refractivity contribution in [2.45, 2.75) is 33.6 Å². The Balaban J connectivity index is 1.74. The number of carbonyl (C=O) groups excluding carboxylic acids is 1. The second-order valence-corrected chi connectivity index (χ2v) is 8.91. The van der Waals surface area contributed by atoms with E-state index in [1.165, 1.54) is 33.6 Å². The summed E-state index contributed by atoms with van der Waals surface area (Å²) in [6, 6.07) is 27.7. The van der Waals surface area contributed by atoms with Crippen LogP contribution in [0.25, 0.3) is 5.57 Å². The Hall–Kier alpha value is -3.37. The summed E-state index contributed by atoms with van der Waals surface area (Å²) >= 11 is 0. The molecule has 1 aliphatic rings. The third-order valence-electron chi connectivity index (χ3n) is 6.86. The minimum Gasteiger partial charge on any atom is -0.342 e. The lowest BCUT2D eigenvalue weighted by molar-refractivity contribution is 0.0773. The average molecular weight is 468 g/mol. The number of rotatable bonds is 8. The van der Waals surface area contributed by atoms with Gasteiger partial charge in [0, 0.05) is 36.6 Å². The molecule has 3 aromatic rings. The second kappa shape index (κ2) is 11.9. The SMILES string of the molecule is CCN(CC)C(=O)c1ccc(C(=C2CCNCC2)c2cccc(N(CC)c3ccccc3)c2)cc1. The predicted octanol–water partition coefficient (Wildman–Crippen LogP) is 6.51. The first-order valence-electron chi connectivity index (χ1n) is 12.9. The fourth-order valence-electron chi connectivity index (χ4n) is 4.98. The first-order valence-corrected chi connectivity index (χ1v) is 12.9. The zero-order valence-electron chi connectivity index (χ0n) is 21.3. The average Bonchev–Trinajstić information content (AvgIpc) is 2.92. The smallest absolute Gasteiger partial charge is 0.253 e. The molecular formula is C31H37N3O. The number of anilines is 2. The molecule has 182 valence electrons. The number of para-hydroxylation sites is 1. The maximum atomic E-state index is 12.8. The number of amides is 1. The van der Waals surface area contributed by atoms with Gasteiger partial charge in [0.25, 0.3) is 5.91 Å². The van der Waals surface area contributed by atoms with E-state index in [0.717, 1.165) is 51.1 Å². The maximum Gasteiger partial charge on any atom is 0.253 e. The van der Waals surface area contributed by atoms with Crippen LogP contribution in [-0.4, -0.2) is 43.5 Å². The van der Waals surface area contributed by atoms with Gasteiger partial charge in [-0.25, -0.2) is 0 Å². The van der Waals surface area contributed by atoms with Crippen LogP contribution in [0, 0.1) is 0 Å². The molecule has 4 rings (SSSR count). The monoisotopic (exact) mass is 467 g/mol. The molecule has 4 nitrogen and oxygen atoms in total. The number of nitrogens with one attached hydrogen (secondary N) is 1. The molecule has 0 aromatic heterocycles. The van der Waals surface area contributed by atoms with Crippen LogP contribution in [0.5, 0.6) is 0 Å². The largest absolute Gasteiger partial charge is 0.342 e. The summed E-state index contributed by atoms with van der Waals surface area (Å²) in [5.41, 5.74) is 8.33. The van der Waals surface area contributed by atoms with Crippen molar-refractivity contribution in [2.24, 2.45) is 0 Å². The lowest BCUT2D eigenvalue weighted by Gasteiger charge is -2.26. The van der Waals surface area contributed by atoms with Gasteiger partial charge in [0.2, 0.25) is 0 Å². The summed E-state index contributed by atoms with van der Waals surface area (Å²) < 4.78 is 0. The van der Waals surface area contributed by atoms with E-state index >= 15 is 0 Å². The normalized spacial score (nSPS) is 13.4. The number of piperidine rings is 1. The molecule has 3 aromatic carbocycles. The second-order valence-electron chi connectivity index (χ2n) is 8.91. The van der Waals surface area contributed by atoms with Crippen molar-refractivity contribution in [2.75, 3.05) is 37.6 Å². The molecule has 1 amide bonds. The number of nitrogens with zero attached hydrogens (tertiary/aromatic N) is 2. The van der Waals surface area contributed by atoms with E-state index in [0.29, 0.717) is 0 Å². The summed E-state index contributed by atoms with van der Waals surface area (Å²) in [7, 11) is 0. The van der Waals surface area contributed by atoms with Crippen molar-refractivity contribution in [3.05, 3.63) is 101 Å². The highest BCUT2D eigenvalue weighted by Gasteiger charge is 2.18. The minimum atomic E-state index is 0.0982. The molecule has 35 heavy (non-hydrogen) atoms. The predicted molar refractivity (Wildman–Crippen MR) is 147 cm³/mol. The van der Waals surface area contributed by atoms with Crippen LogP contribution in [0.3, 0.4) is 0 Å².